The van der Waals surface area contributed by atoms with Gasteiger partial charge in [0.15, 0.2) is 0 Å². The smallest absolute Gasteiger partial charge is 0.274 e. The number of hydrogen-bond acceptors (Lipinski definition) is 5. The van der Waals surface area contributed by atoms with E-state index in [-0.39, 0.29) is 21.3 Å². The highest BCUT2D eigenvalue weighted by atomic mass is 35.5. The summed E-state index contributed by atoms with van der Waals surface area (Å²) < 4.78 is 26.6. The number of hydrogen-bond donors (Lipinski definition) is 1. The van der Waals surface area contributed by atoms with Gasteiger partial charge in [-0.3, -0.25) is 19.8 Å². The second kappa shape index (κ2) is 5.66. The molecule has 0 fully saturated rings. The van der Waals surface area contributed by atoms with Crippen LogP contribution in [0.25, 0.3) is 0 Å². The number of aromatic nitrogens is 1. The number of nitrogens with one attached hydrogen (secondary N) is 1. The third-order valence-electron chi connectivity index (χ3n) is 2.68. The molecule has 2 aromatic rings. The van der Waals surface area contributed by atoms with Crippen molar-refractivity contribution in [1.29, 1.82) is 0 Å². The van der Waals surface area contributed by atoms with Gasteiger partial charge in [0.2, 0.25) is 0 Å². The molecule has 9 heteroatoms. The van der Waals surface area contributed by atoms with Gasteiger partial charge in [-0.2, -0.15) is 0 Å². The largest absolute Gasteiger partial charge is 0.279 e. The number of nitro benzene ring substituents is 1. The summed E-state index contributed by atoms with van der Waals surface area (Å²) in [6, 6.07) is 5.38. The molecule has 2 rings (SSSR count). The van der Waals surface area contributed by atoms with Crippen LogP contribution in [0.1, 0.15) is 5.56 Å². The lowest BCUT2D eigenvalue weighted by Gasteiger charge is -2.09. The molecule has 0 spiro atoms. The van der Waals surface area contributed by atoms with Gasteiger partial charge >= 0.3 is 0 Å². The number of nitrogens with zero attached hydrogens (tertiary/aromatic N) is 2. The number of sulfonamides is 1. The molecular weight excluding hydrogens is 318 g/mol. The summed E-state index contributed by atoms with van der Waals surface area (Å²) >= 11 is 5.81. The Morgan fingerprint density at radius 2 is 2.05 bits per heavy atom. The Balaban J connectivity index is 2.40. The molecule has 0 amide bonds. The minimum absolute atomic E-state index is 0.0131. The molecular formula is C12H10ClN3O4S. The Morgan fingerprint density at radius 3 is 2.67 bits per heavy atom. The van der Waals surface area contributed by atoms with Crippen LogP contribution < -0.4 is 4.72 Å². The van der Waals surface area contributed by atoms with E-state index in [0.717, 1.165) is 12.3 Å². The molecule has 7 nitrogen and oxygen atoms in total. The summed E-state index contributed by atoms with van der Waals surface area (Å²) in [5.41, 5.74) is 0.335. The van der Waals surface area contributed by atoms with Crippen molar-refractivity contribution in [2.24, 2.45) is 0 Å². The van der Waals surface area contributed by atoms with E-state index in [1.807, 2.05) is 0 Å². The first-order valence-corrected chi connectivity index (χ1v) is 7.55. The van der Waals surface area contributed by atoms with Crippen LogP contribution >= 0.6 is 11.6 Å². The zero-order valence-electron chi connectivity index (χ0n) is 10.8. The number of benzene rings is 1. The molecule has 0 saturated heterocycles. The van der Waals surface area contributed by atoms with Crippen LogP contribution in [0.4, 0.5) is 11.4 Å². The first-order valence-electron chi connectivity index (χ1n) is 5.68. The Labute approximate surface area is 125 Å². The maximum absolute atomic E-state index is 12.2. The number of halogens is 1. The van der Waals surface area contributed by atoms with Crippen LogP contribution in [-0.2, 0) is 10.0 Å². The van der Waals surface area contributed by atoms with Gasteiger partial charge in [0, 0.05) is 24.0 Å². The molecule has 21 heavy (non-hydrogen) atoms. The molecule has 0 aliphatic carbocycles. The van der Waals surface area contributed by atoms with Crippen molar-refractivity contribution >= 4 is 33.0 Å². The highest BCUT2D eigenvalue weighted by Crippen LogP contribution is 2.26. The highest BCUT2D eigenvalue weighted by molar-refractivity contribution is 7.92. The fraction of sp³-hybridized carbons (Fsp3) is 0.0833. The molecule has 0 atom stereocenters. The maximum atomic E-state index is 12.2. The Kier molecular flexibility index (Phi) is 4.10. The topological polar surface area (TPSA) is 102 Å². The Hall–Kier alpha value is -2.19. The summed E-state index contributed by atoms with van der Waals surface area (Å²) in [6.45, 7) is 1.56. The van der Waals surface area contributed by atoms with E-state index < -0.39 is 14.9 Å². The predicted octanol–water partition coefficient (Wildman–Crippen LogP) is 2.75. The van der Waals surface area contributed by atoms with Gasteiger partial charge in [-0.1, -0.05) is 17.7 Å². The van der Waals surface area contributed by atoms with Crippen molar-refractivity contribution < 1.29 is 13.3 Å². The van der Waals surface area contributed by atoms with Crippen LogP contribution in [0.5, 0.6) is 0 Å². The van der Waals surface area contributed by atoms with Gasteiger partial charge in [0.1, 0.15) is 4.90 Å². The van der Waals surface area contributed by atoms with Crippen LogP contribution in [-0.4, -0.2) is 18.3 Å². The van der Waals surface area contributed by atoms with Gasteiger partial charge in [0.25, 0.3) is 15.7 Å². The second-order valence-corrected chi connectivity index (χ2v) is 6.23. The van der Waals surface area contributed by atoms with Crippen molar-refractivity contribution in [3.63, 3.8) is 0 Å². The molecule has 110 valence electrons. The third-order valence-corrected chi connectivity index (χ3v) is 4.53. The molecule has 1 heterocycles. The van der Waals surface area contributed by atoms with E-state index in [2.05, 4.69) is 9.71 Å². The van der Waals surface area contributed by atoms with Crippen molar-refractivity contribution in [2.45, 2.75) is 11.8 Å². The number of rotatable bonds is 4. The molecule has 1 aromatic carbocycles. The number of aryl methyl sites for hydroxylation is 1. The first-order chi connectivity index (χ1) is 9.81. The number of nitro groups is 1. The van der Waals surface area contributed by atoms with Gasteiger partial charge in [0.05, 0.1) is 15.6 Å². The van der Waals surface area contributed by atoms with E-state index in [9.17, 15) is 18.5 Å². The van der Waals surface area contributed by atoms with Crippen molar-refractivity contribution in [3.05, 3.63) is 57.4 Å². The van der Waals surface area contributed by atoms with Gasteiger partial charge in [-0.25, -0.2) is 8.42 Å². The average molecular weight is 328 g/mol. The fourth-order valence-electron chi connectivity index (χ4n) is 1.64. The SMILES string of the molecule is Cc1ccc(NS(=O)(=O)c2cnccc2Cl)cc1[N+](=O)[O-]. The lowest BCUT2D eigenvalue weighted by molar-refractivity contribution is -0.385. The standard InChI is InChI=1S/C12H10ClN3O4S/c1-8-2-3-9(6-11(8)16(17)18)15-21(19,20)12-7-14-5-4-10(12)13/h2-7,15H,1H3. The van der Waals surface area contributed by atoms with Crippen LogP contribution in [0.3, 0.4) is 0 Å². The molecule has 0 aliphatic heterocycles. The first kappa shape index (κ1) is 15.2. The number of pyridine rings is 1. The summed E-state index contributed by atoms with van der Waals surface area (Å²) in [6.07, 6.45) is 2.46. The van der Waals surface area contributed by atoms with E-state index in [1.54, 1.807) is 6.92 Å². The molecule has 0 bridgehead atoms. The third kappa shape index (κ3) is 3.29. The molecule has 1 N–H and O–H groups in total. The van der Waals surface area contributed by atoms with E-state index in [4.69, 9.17) is 11.6 Å². The molecule has 0 aliphatic rings. The molecule has 1 aromatic heterocycles. The van der Waals surface area contributed by atoms with Crippen molar-refractivity contribution in [2.75, 3.05) is 4.72 Å². The van der Waals surface area contributed by atoms with Gasteiger partial charge in [-0.05, 0) is 19.1 Å². The highest BCUT2D eigenvalue weighted by Gasteiger charge is 2.20. The zero-order valence-corrected chi connectivity index (χ0v) is 12.4. The van der Waals surface area contributed by atoms with Crippen LogP contribution in [0.15, 0.2) is 41.6 Å². The lowest BCUT2D eigenvalue weighted by atomic mass is 10.2. The Bertz CT molecular complexity index is 808. The van der Waals surface area contributed by atoms with Crippen LogP contribution in [0, 0.1) is 17.0 Å². The van der Waals surface area contributed by atoms with Gasteiger partial charge < -0.3 is 0 Å². The van der Waals surface area contributed by atoms with E-state index >= 15 is 0 Å². The van der Waals surface area contributed by atoms with Crippen LogP contribution in [0.2, 0.25) is 5.02 Å². The summed E-state index contributed by atoms with van der Waals surface area (Å²) in [5, 5.41) is 10.9. The normalized spacial score (nSPS) is 11.1. The van der Waals surface area contributed by atoms with E-state index in [0.29, 0.717) is 5.56 Å². The quantitative estimate of drug-likeness (QED) is 0.687. The monoisotopic (exact) mass is 327 g/mol. The maximum Gasteiger partial charge on any atom is 0.274 e. The molecule has 0 unspecified atom stereocenters. The minimum atomic E-state index is -3.97. The predicted molar refractivity (Wildman–Crippen MR) is 77.9 cm³/mol. The molecule has 0 radical (unpaired) electrons. The zero-order chi connectivity index (χ0) is 15.6. The Morgan fingerprint density at radius 1 is 1.33 bits per heavy atom. The minimum Gasteiger partial charge on any atom is -0.279 e. The second-order valence-electron chi connectivity index (χ2n) is 4.17. The van der Waals surface area contributed by atoms with Crippen molar-refractivity contribution in [1.82, 2.24) is 4.98 Å². The average Bonchev–Trinajstić information content (AvgIpc) is 2.40. The number of anilines is 1. The summed E-state index contributed by atoms with van der Waals surface area (Å²) in [4.78, 5) is 13.8. The van der Waals surface area contributed by atoms with Gasteiger partial charge in [-0.15, -0.1) is 0 Å². The molecule has 0 saturated carbocycles. The lowest BCUT2D eigenvalue weighted by Crippen LogP contribution is -2.14. The van der Waals surface area contributed by atoms with E-state index in [1.165, 1.54) is 24.4 Å². The van der Waals surface area contributed by atoms with Crippen molar-refractivity contribution in [3.8, 4) is 0 Å². The summed E-state index contributed by atoms with van der Waals surface area (Å²) in [5.74, 6) is 0. The summed E-state index contributed by atoms with van der Waals surface area (Å²) in [7, 11) is -3.97. The fourth-order valence-corrected chi connectivity index (χ4v) is 3.12.